The topological polar surface area (TPSA) is 74.7 Å². The van der Waals surface area contributed by atoms with Crippen LogP contribution in [0.1, 0.15) is 36.6 Å². The normalized spacial score (nSPS) is 11.8. The Morgan fingerprint density at radius 3 is 2.47 bits per heavy atom. The Labute approximate surface area is 195 Å². The van der Waals surface area contributed by atoms with Gasteiger partial charge in [-0.1, -0.05) is 29.3 Å². The van der Waals surface area contributed by atoms with Crippen molar-refractivity contribution in [3.05, 3.63) is 73.7 Å². The van der Waals surface area contributed by atoms with E-state index in [-0.39, 0.29) is 32.8 Å². The average molecular weight is 502 g/mol. The molecule has 3 rings (SSSR count). The highest BCUT2D eigenvalue weighted by atomic mass is 35.5. The van der Waals surface area contributed by atoms with Crippen LogP contribution >= 0.6 is 34.5 Å². The number of rotatable bonds is 9. The predicted molar refractivity (Wildman–Crippen MR) is 115 cm³/mol. The number of pyridine rings is 1. The molecule has 32 heavy (non-hydrogen) atoms. The van der Waals surface area contributed by atoms with Gasteiger partial charge in [0.25, 0.3) is 0 Å². The first-order valence-electron chi connectivity index (χ1n) is 8.99. The van der Waals surface area contributed by atoms with Gasteiger partial charge in [0, 0.05) is 18.8 Å². The Morgan fingerprint density at radius 1 is 1.16 bits per heavy atom. The first-order valence-corrected chi connectivity index (χ1v) is 10.6. The van der Waals surface area contributed by atoms with Crippen LogP contribution in [0.5, 0.6) is 11.5 Å². The molecular weight excluding hydrogens is 487 g/mol. The number of nitrogens with zero attached hydrogens (tertiary/aromatic N) is 1. The lowest BCUT2D eigenvalue weighted by Crippen LogP contribution is -2.14. The first-order chi connectivity index (χ1) is 15.3. The van der Waals surface area contributed by atoms with Gasteiger partial charge in [0.1, 0.15) is 11.0 Å². The molecule has 0 saturated heterocycles. The number of methoxy groups -OCH3 is 1. The van der Waals surface area contributed by atoms with E-state index in [0.717, 1.165) is 11.3 Å². The maximum atomic E-state index is 12.7. The van der Waals surface area contributed by atoms with Gasteiger partial charge in [-0.15, -0.1) is 11.3 Å². The van der Waals surface area contributed by atoms with Crippen LogP contribution in [0, 0.1) is 0 Å². The Bertz CT molecular complexity index is 1110. The quantitative estimate of drug-likeness (QED) is 0.264. The number of benzene rings is 1. The van der Waals surface area contributed by atoms with Crippen molar-refractivity contribution in [1.82, 2.24) is 4.98 Å². The van der Waals surface area contributed by atoms with Crippen LogP contribution in [0.25, 0.3) is 0 Å². The number of esters is 1. The molecular formula is C21H15Cl2F2NO5S. The number of hydrogen-bond donors (Lipinski definition) is 0. The van der Waals surface area contributed by atoms with E-state index < -0.39 is 18.7 Å². The van der Waals surface area contributed by atoms with Crippen molar-refractivity contribution < 1.29 is 32.6 Å². The molecule has 0 spiro atoms. The zero-order valence-electron chi connectivity index (χ0n) is 16.4. The van der Waals surface area contributed by atoms with E-state index in [1.807, 2.05) is 0 Å². The number of carbonyl (C=O) groups excluding carboxylic acids is 2. The predicted octanol–water partition coefficient (Wildman–Crippen LogP) is 6.01. The molecule has 1 atom stereocenters. The van der Waals surface area contributed by atoms with Gasteiger partial charge >= 0.3 is 12.6 Å². The molecule has 2 heterocycles. The number of aldehydes is 1. The number of halogens is 4. The van der Waals surface area contributed by atoms with Crippen molar-refractivity contribution in [2.75, 3.05) is 7.11 Å². The molecule has 0 aliphatic heterocycles. The van der Waals surface area contributed by atoms with Gasteiger partial charge < -0.3 is 14.2 Å². The summed E-state index contributed by atoms with van der Waals surface area (Å²) in [4.78, 5) is 28.1. The third kappa shape index (κ3) is 5.73. The van der Waals surface area contributed by atoms with Gasteiger partial charge in [-0.05, 0) is 35.4 Å². The van der Waals surface area contributed by atoms with Crippen LogP contribution in [0.4, 0.5) is 8.78 Å². The maximum absolute atomic E-state index is 12.7. The van der Waals surface area contributed by atoms with Crippen molar-refractivity contribution in [2.45, 2.75) is 19.1 Å². The van der Waals surface area contributed by atoms with Crippen LogP contribution in [0.3, 0.4) is 0 Å². The highest BCUT2D eigenvalue weighted by molar-refractivity contribution is 7.15. The molecule has 2 aromatic heterocycles. The molecule has 0 aliphatic carbocycles. The number of carbonyl (C=O) groups is 2. The van der Waals surface area contributed by atoms with Crippen LogP contribution in [-0.4, -0.2) is 31.0 Å². The third-order valence-electron chi connectivity index (χ3n) is 4.31. The molecule has 3 aromatic rings. The number of hydrogen-bond acceptors (Lipinski definition) is 7. The Balaban J connectivity index is 1.97. The molecule has 6 nitrogen and oxygen atoms in total. The average Bonchev–Trinajstić information content (AvgIpc) is 3.25. The molecule has 0 amide bonds. The summed E-state index contributed by atoms with van der Waals surface area (Å²) >= 11 is 13.4. The van der Waals surface area contributed by atoms with Gasteiger partial charge in [-0.25, -0.2) is 4.79 Å². The summed E-state index contributed by atoms with van der Waals surface area (Å²) in [6, 6.07) is 7.14. The summed E-state index contributed by atoms with van der Waals surface area (Å²) in [6.07, 6.45) is 2.57. The number of ether oxygens (including phenoxy) is 3. The van der Waals surface area contributed by atoms with Crippen LogP contribution in [0.15, 0.2) is 42.7 Å². The molecule has 1 aromatic carbocycles. The lowest BCUT2D eigenvalue weighted by molar-refractivity contribution is -0.0512. The fourth-order valence-corrected chi connectivity index (χ4v) is 4.06. The van der Waals surface area contributed by atoms with Crippen LogP contribution in [0.2, 0.25) is 10.0 Å². The van der Waals surface area contributed by atoms with Crippen molar-refractivity contribution in [2.24, 2.45) is 0 Å². The van der Waals surface area contributed by atoms with Crippen molar-refractivity contribution >= 4 is 46.8 Å². The minimum absolute atomic E-state index is 0.0233. The second-order valence-electron chi connectivity index (χ2n) is 6.29. The Kier molecular flexibility index (Phi) is 8.00. The molecule has 0 bridgehead atoms. The smallest absolute Gasteiger partial charge is 0.387 e. The zero-order chi connectivity index (χ0) is 23.3. The van der Waals surface area contributed by atoms with Crippen molar-refractivity contribution in [3.8, 4) is 11.5 Å². The first kappa shape index (κ1) is 23.9. The zero-order valence-corrected chi connectivity index (χ0v) is 18.7. The van der Waals surface area contributed by atoms with Crippen molar-refractivity contribution in [3.63, 3.8) is 0 Å². The van der Waals surface area contributed by atoms with Gasteiger partial charge in [-0.2, -0.15) is 8.78 Å². The van der Waals surface area contributed by atoms with Gasteiger partial charge in [0.15, 0.2) is 17.8 Å². The summed E-state index contributed by atoms with van der Waals surface area (Å²) in [5.74, 6) is -0.832. The van der Waals surface area contributed by atoms with E-state index in [2.05, 4.69) is 9.72 Å². The molecule has 0 aliphatic rings. The SMILES string of the molecule is COc1cc([C@H](Cc2c(Cl)cncc2Cl)OC(=O)c2ccc(C=O)s2)ccc1OC(F)F. The van der Waals surface area contributed by atoms with E-state index in [0.29, 0.717) is 22.3 Å². The lowest BCUT2D eigenvalue weighted by atomic mass is 10.0. The van der Waals surface area contributed by atoms with Gasteiger partial charge in [0.05, 0.1) is 22.0 Å². The second-order valence-corrected chi connectivity index (χ2v) is 8.22. The summed E-state index contributed by atoms with van der Waals surface area (Å²) in [7, 11) is 1.29. The number of aromatic nitrogens is 1. The fourth-order valence-electron chi connectivity index (χ4n) is 2.84. The van der Waals surface area contributed by atoms with Crippen LogP contribution in [-0.2, 0) is 11.2 Å². The van der Waals surface area contributed by atoms with Gasteiger partial charge in [-0.3, -0.25) is 9.78 Å². The van der Waals surface area contributed by atoms with E-state index in [1.54, 1.807) is 0 Å². The summed E-state index contributed by atoms with van der Waals surface area (Å²) in [6.45, 7) is -3.04. The Hall–Kier alpha value is -2.75. The molecule has 0 unspecified atom stereocenters. The molecule has 168 valence electrons. The van der Waals surface area contributed by atoms with Crippen LogP contribution < -0.4 is 9.47 Å². The standard InChI is InChI=1S/C21H15Cl2F2NO5S/c1-29-18-6-11(2-4-16(18)31-21(24)25)17(7-13-14(22)8-26-9-15(13)23)30-20(28)19-5-3-12(10-27)32-19/h2-6,8-10,17,21H,7H2,1H3/t17-/m0/s1. The molecule has 0 radical (unpaired) electrons. The maximum Gasteiger partial charge on any atom is 0.387 e. The van der Waals surface area contributed by atoms with Crippen molar-refractivity contribution in [1.29, 1.82) is 0 Å². The molecule has 11 heteroatoms. The minimum Gasteiger partial charge on any atom is -0.493 e. The fraction of sp³-hybridized carbons (Fsp3) is 0.190. The van der Waals surface area contributed by atoms with E-state index >= 15 is 0 Å². The second kappa shape index (κ2) is 10.7. The number of thiophene rings is 1. The minimum atomic E-state index is -3.04. The van der Waals surface area contributed by atoms with E-state index in [9.17, 15) is 18.4 Å². The summed E-state index contributed by atoms with van der Waals surface area (Å²) in [5, 5.41) is 0.532. The third-order valence-corrected chi connectivity index (χ3v) is 5.95. The Morgan fingerprint density at radius 2 is 1.88 bits per heavy atom. The van der Waals surface area contributed by atoms with E-state index in [1.165, 1.54) is 49.8 Å². The number of alkyl halides is 2. The van der Waals surface area contributed by atoms with E-state index in [4.69, 9.17) is 32.7 Å². The summed E-state index contributed by atoms with van der Waals surface area (Å²) in [5.41, 5.74) is 0.903. The largest absolute Gasteiger partial charge is 0.493 e. The highest BCUT2D eigenvalue weighted by Crippen LogP contribution is 2.36. The molecule has 0 N–H and O–H groups in total. The molecule has 0 fully saturated rings. The van der Waals surface area contributed by atoms with Gasteiger partial charge in [0.2, 0.25) is 0 Å². The summed E-state index contributed by atoms with van der Waals surface area (Å²) < 4.78 is 40.6. The monoisotopic (exact) mass is 501 g/mol. The highest BCUT2D eigenvalue weighted by Gasteiger charge is 2.24. The molecule has 0 saturated carbocycles. The lowest BCUT2D eigenvalue weighted by Gasteiger charge is -2.21.